The van der Waals surface area contributed by atoms with Gasteiger partial charge < -0.3 is 5.73 Å². The molecule has 0 heterocycles. The Kier molecular flexibility index (Phi) is 26.7. The highest BCUT2D eigenvalue weighted by atomic mass is 16.1. The number of hydrogen-bond donors (Lipinski definition) is 1. The molecule has 36 heavy (non-hydrogen) atoms. The number of primary amides is 1. The lowest BCUT2D eigenvalue weighted by molar-refractivity contribution is -0.129. The van der Waals surface area contributed by atoms with Crippen LogP contribution in [0.3, 0.4) is 0 Å². The van der Waals surface area contributed by atoms with E-state index in [0.29, 0.717) is 0 Å². The third kappa shape index (κ3) is 21.3. The van der Waals surface area contributed by atoms with E-state index in [-0.39, 0.29) is 11.3 Å². The van der Waals surface area contributed by atoms with Gasteiger partial charge in [-0.2, -0.15) is 0 Å². The maximum atomic E-state index is 12.7. The van der Waals surface area contributed by atoms with Crippen LogP contribution in [0.15, 0.2) is 12.2 Å². The second-order valence-electron chi connectivity index (χ2n) is 11.7. The van der Waals surface area contributed by atoms with Gasteiger partial charge in [-0.1, -0.05) is 161 Å². The minimum Gasteiger partial charge on any atom is -0.369 e. The number of unbranched alkanes of at least 4 members (excludes halogenated alkanes) is 20. The maximum absolute atomic E-state index is 12.7. The first-order chi connectivity index (χ1) is 17.6. The number of amides is 1. The Hall–Kier alpha value is -0.790. The van der Waals surface area contributed by atoms with E-state index in [1.165, 1.54) is 148 Å². The van der Waals surface area contributed by atoms with Crippen LogP contribution in [0, 0.1) is 5.41 Å². The molecule has 0 aromatic carbocycles. The fourth-order valence-electron chi connectivity index (χ4n) is 5.59. The van der Waals surface area contributed by atoms with Crippen molar-refractivity contribution in [1.82, 2.24) is 0 Å². The number of allylic oxidation sites excluding steroid dienone is 2. The topological polar surface area (TPSA) is 43.1 Å². The molecular formula is C34H67NO. The molecule has 2 nitrogen and oxygen atoms in total. The Morgan fingerprint density at radius 2 is 0.750 bits per heavy atom. The number of rotatable bonds is 29. The average molecular weight is 506 g/mol. The van der Waals surface area contributed by atoms with Crippen LogP contribution in [0.25, 0.3) is 0 Å². The van der Waals surface area contributed by atoms with Crippen LogP contribution in [-0.4, -0.2) is 5.91 Å². The molecule has 0 saturated carbocycles. The minimum absolute atomic E-state index is 0.0118. The summed E-state index contributed by atoms with van der Waals surface area (Å²) in [7, 11) is 0. The summed E-state index contributed by atoms with van der Waals surface area (Å²) < 4.78 is 0. The summed E-state index contributed by atoms with van der Waals surface area (Å²) in [6.07, 6.45) is 39.0. The van der Waals surface area contributed by atoms with E-state index in [0.717, 1.165) is 25.7 Å². The SMILES string of the molecule is CCCCCCCCC=CCCCCCCC(CCCCCCCC)(CCCCCCCC)C(N)=O. The molecule has 214 valence electrons. The van der Waals surface area contributed by atoms with Crippen molar-refractivity contribution in [2.24, 2.45) is 11.1 Å². The third-order valence-corrected chi connectivity index (χ3v) is 8.21. The van der Waals surface area contributed by atoms with Crippen LogP contribution in [0.1, 0.15) is 194 Å². The van der Waals surface area contributed by atoms with Gasteiger partial charge in [0.1, 0.15) is 0 Å². The normalized spacial score (nSPS) is 12.1. The quantitative estimate of drug-likeness (QED) is 0.0796. The molecule has 0 aliphatic carbocycles. The summed E-state index contributed by atoms with van der Waals surface area (Å²) in [6.45, 7) is 6.82. The van der Waals surface area contributed by atoms with Crippen LogP contribution >= 0.6 is 0 Å². The van der Waals surface area contributed by atoms with E-state index < -0.39 is 0 Å². The van der Waals surface area contributed by atoms with Gasteiger partial charge in [0, 0.05) is 5.41 Å². The molecule has 0 fully saturated rings. The molecule has 0 aliphatic heterocycles. The van der Waals surface area contributed by atoms with Crippen molar-refractivity contribution in [1.29, 1.82) is 0 Å². The van der Waals surface area contributed by atoms with Crippen molar-refractivity contribution in [3.63, 3.8) is 0 Å². The Morgan fingerprint density at radius 3 is 1.06 bits per heavy atom. The molecule has 2 N–H and O–H groups in total. The van der Waals surface area contributed by atoms with Crippen molar-refractivity contribution in [2.75, 3.05) is 0 Å². The van der Waals surface area contributed by atoms with Crippen molar-refractivity contribution in [3.8, 4) is 0 Å². The fraction of sp³-hybridized carbons (Fsp3) is 0.912. The van der Waals surface area contributed by atoms with Crippen LogP contribution in [-0.2, 0) is 4.79 Å². The van der Waals surface area contributed by atoms with Crippen LogP contribution in [0.2, 0.25) is 0 Å². The van der Waals surface area contributed by atoms with Crippen molar-refractivity contribution in [3.05, 3.63) is 12.2 Å². The zero-order valence-corrected chi connectivity index (χ0v) is 25.2. The predicted molar refractivity (Wildman–Crippen MR) is 162 cm³/mol. The van der Waals surface area contributed by atoms with Gasteiger partial charge in [0.05, 0.1) is 0 Å². The molecule has 0 rings (SSSR count). The molecule has 0 aliphatic rings. The summed E-state index contributed by atoms with van der Waals surface area (Å²) in [6, 6.07) is 0. The molecule has 0 radical (unpaired) electrons. The van der Waals surface area contributed by atoms with Gasteiger partial charge in [0.2, 0.25) is 5.91 Å². The maximum Gasteiger partial charge on any atom is 0.223 e. The molecule has 0 aromatic heterocycles. The van der Waals surface area contributed by atoms with Crippen LogP contribution in [0.4, 0.5) is 0 Å². The minimum atomic E-state index is -0.244. The molecule has 0 unspecified atom stereocenters. The van der Waals surface area contributed by atoms with Gasteiger partial charge >= 0.3 is 0 Å². The van der Waals surface area contributed by atoms with Crippen LogP contribution in [0.5, 0.6) is 0 Å². The lowest BCUT2D eigenvalue weighted by atomic mass is 9.73. The van der Waals surface area contributed by atoms with E-state index >= 15 is 0 Å². The lowest BCUT2D eigenvalue weighted by Gasteiger charge is -2.31. The number of carbonyl (C=O) groups is 1. The largest absolute Gasteiger partial charge is 0.369 e. The van der Waals surface area contributed by atoms with Gasteiger partial charge in [0.15, 0.2) is 0 Å². The van der Waals surface area contributed by atoms with Gasteiger partial charge in [-0.05, 0) is 44.9 Å². The lowest BCUT2D eigenvalue weighted by Crippen LogP contribution is -2.37. The Balaban J connectivity index is 4.27. The van der Waals surface area contributed by atoms with Crippen LogP contribution < -0.4 is 5.73 Å². The first-order valence-corrected chi connectivity index (χ1v) is 16.6. The van der Waals surface area contributed by atoms with E-state index in [1.807, 2.05) is 0 Å². The first-order valence-electron chi connectivity index (χ1n) is 16.6. The van der Waals surface area contributed by atoms with Crippen molar-refractivity contribution < 1.29 is 4.79 Å². The zero-order chi connectivity index (χ0) is 26.6. The van der Waals surface area contributed by atoms with Crippen molar-refractivity contribution in [2.45, 2.75) is 194 Å². The average Bonchev–Trinajstić information content (AvgIpc) is 2.87. The molecule has 2 heteroatoms. The molecular weight excluding hydrogens is 438 g/mol. The Morgan fingerprint density at radius 1 is 0.472 bits per heavy atom. The Bertz CT molecular complexity index is 468. The standard InChI is InChI=1S/C34H67NO/c1-4-7-10-13-16-17-18-19-20-21-22-23-26-29-32-34(33(35)36,30-27-24-14-11-8-5-2)31-28-25-15-12-9-6-3/h19-20H,4-18,21-32H2,1-3H3,(H2,35,36). The zero-order valence-electron chi connectivity index (χ0n) is 25.2. The van der Waals surface area contributed by atoms with Crippen molar-refractivity contribution >= 4 is 5.91 Å². The summed E-state index contributed by atoms with van der Waals surface area (Å²) in [5, 5.41) is 0. The first kappa shape index (κ1) is 35.2. The third-order valence-electron chi connectivity index (χ3n) is 8.21. The summed E-state index contributed by atoms with van der Waals surface area (Å²) in [5.74, 6) is -0.0118. The van der Waals surface area contributed by atoms with E-state index in [2.05, 4.69) is 32.9 Å². The molecule has 0 spiro atoms. The van der Waals surface area contributed by atoms with Gasteiger partial charge in [-0.25, -0.2) is 0 Å². The monoisotopic (exact) mass is 506 g/mol. The summed E-state index contributed by atoms with van der Waals surface area (Å²) in [4.78, 5) is 12.7. The van der Waals surface area contributed by atoms with E-state index in [4.69, 9.17) is 5.73 Å². The highest BCUT2D eigenvalue weighted by molar-refractivity contribution is 5.80. The number of nitrogens with two attached hydrogens (primary N) is 1. The summed E-state index contributed by atoms with van der Waals surface area (Å²) in [5.41, 5.74) is 5.86. The van der Waals surface area contributed by atoms with Gasteiger partial charge in [-0.15, -0.1) is 0 Å². The summed E-state index contributed by atoms with van der Waals surface area (Å²) >= 11 is 0. The fourth-order valence-corrected chi connectivity index (χ4v) is 5.59. The molecule has 1 amide bonds. The number of hydrogen-bond acceptors (Lipinski definition) is 1. The predicted octanol–water partition coefficient (Wildman–Crippen LogP) is 11.6. The molecule has 0 saturated heterocycles. The molecule has 0 aromatic rings. The number of carbonyl (C=O) groups excluding carboxylic acids is 1. The highest BCUT2D eigenvalue weighted by Crippen LogP contribution is 2.37. The Labute approximate surface area is 228 Å². The van der Waals surface area contributed by atoms with E-state index in [1.54, 1.807) is 0 Å². The van der Waals surface area contributed by atoms with E-state index in [9.17, 15) is 4.79 Å². The molecule has 0 bridgehead atoms. The highest BCUT2D eigenvalue weighted by Gasteiger charge is 2.34. The smallest absolute Gasteiger partial charge is 0.223 e. The van der Waals surface area contributed by atoms with Gasteiger partial charge in [-0.3, -0.25) is 4.79 Å². The van der Waals surface area contributed by atoms with Gasteiger partial charge in [0.25, 0.3) is 0 Å². The second-order valence-corrected chi connectivity index (χ2v) is 11.7. The second kappa shape index (κ2) is 27.3. The molecule has 0 atom stereocenters.